The van der Waals surface area contributed by atoms with E-state index in [0.29, 0.717) is 14.8 Å². The largest absolute Gasteiger partial charge is 0.378 e. The van der Waals surface area contributed by atoms with Gasteiger partial charge >= 0.3 is 0 Å². The predicted molar refractivity (Wildman–Crippen MR) is 116 cm³/mol. The number of amides is 1. The number of hydrazone groups is 1. The molecule has 0 bridgehead atoms. The van der Waals surface area contributed by atoms with Crippen LogP contribution in [0.25, 0.3) is 6.08 Å². The van der Waals surface area contributed by atoms with Gasteiger partial charge < -0.3 is 4.90 Å². The predicted octanol–water partition coefficient (Wildman–Crippen LogP) is 3.90. The van der Waals surface area contributed by atoms with Crippen molar-refractivity contribution in [2.75, 3.05) is 19.0 Å². The zero-order valence-corrected chi connectivity index (χ0v) is 16.7. The molecule has 1 saturated heterocycles. The Morgan fingerprint density at radius 1 is 1.11 bits per heavy atom. The number of carbonyl (C=O) groups excluding carboxylic acids is 1. The maximum absolute atomic E-state index is 12.6. The molecule has 2 aromatic rings. The first-order valence-corrected chi connectivity index (χ1v) is 9.41. The van der Waals surface area contributed by atoms with Gasteiger partial charge in [-0.1, -0.05) is 23.9 Å². The molecule has 1 fully saturated rings. The van der Waals surface area contributed by atoms with Crippen LogP contribution in [0, 0.1) is 10.1 Å². The molecule has 0 atom stereocenters. The lowest BCUT2D eigenvalue weighted by Crippen LogP contribution is -2.22. The van der Waals surface area contributed by atoms with Crippen molar-refractivity contribution < 1.29 is 9.72 Å². The Kier molecular flexibility index (Phi) is 5.86. The topological polar surface area (TPSA) is 79.1 Å². The number of nitrogens with zero attached hydrogens (tertiary/aromatic N) is 4. The Balaban J connectivity index is 1.74. The maximum atomic E-state index is 12.6. The van der Waals surface area contributed by atoms with Gasteiger partial charge in [-0.2, -0.15) is 10.1 Å². The molecule has 0 N–H and O–H groups in total. The highest BCUT2D eigenvalue weighted by Gasteiger charge is 2.32. The molecule has 0 unspecified atom stereocenters. The van der Waals surface area contributed by atoms with Crippen LogP contribution in [0.2, 0.25) is 0 Å². The number of nitro groups is 1. The second-order valence-electron chi connectivity index (χ2n) is 6.07. The van der Waals surface area contributed by atoms with Crippen molar-refractivity contribution in [2.45, 2.75) is 0 Å². The van der Waals surface area contributed by atoms with Crippen molar-refractivity contribution in [1.29, 1.82) is 0 Å². The van der Waals surface area contributed by atoms with Crippen LogP contribution in [0.5, 0.6) is 0 Å². The Morgan fingerprint density at radius 3 is 2.29 bits per heavy atom. The second-order valence-corrected chi connectivity index (χ2v) is 7.75. The first-order chi connectivity index (χ1) is 13.3. The van der Waals surface area contributed by atoms with Crippen LogP contribution in [0.1, 0.15) is 11.1 Å². The molecule has 7 nitrogen and oxygen atoms in total. The van der Waals surface area contributed by atoms with Crippen molar-refractivity contribution in [1.82, 2.24) is 5.01 Å². The average molecular weight is 412 g/mol. The molecule has 0 radical (unpaired) electrons. The summed E-state index contributed by atoms with van der Waals surface area (Å²) in [5.41, 5.74) is 2.58. The lowest BCUT2D eigenvalue weighted by Gasteiger charge is -2.11. The third kappa shape index (κ3) is 4.44. The third-order valence-corrected chi connectivity index (χ3v) is 5.19. The molecule has 3 rings (SSSR count). The van der Waals surface area contributed by atoms with Crippen LogP contribution in [-0.4, -0.2) is 40.5 Å². The lowest BCUT2D eigenvalue weighted by atomic mass is 10.2. The molecule has 2 aromatic carbocycles. The van der Waals surface area contributed by atoms with E-state index in [1.165, 1.54) is 30.1 Å². The summed E-state index contributed by atoms with van der Waals surface area (Å²) in [4.78, 5) is 25.3. The number of nitro benzene ring substituents is 1. The van der Waals surface area contributed by atoms with E-state index in [1.54, 1.807) is 18.2 Å². The molecule has 28 heavy (non-hydrogen) atoms. The van der Waals surface area contributed by atoms with Crippen LogP contribution in [-0.2, 0) is 4.79 Å². The van der Waals surface area contributed by atoms with Gasteiger partial charge in [-0.25, -0.2) is 0 Å². The summed E-state index contributed by atoms with van der Waals surface area (Å²) in [5, 5.41) is 16.0. The van der Waals surface area contributed by atoms with Crippen LogP contribution in [0.4, 0.5) is 11.4 Å². The monoisotopic (exact) mass is 412 g/mol. The summed E-state index contributed by atoms with van der Waals surface area (Å²) >= 11 is 6.44. The van der Waals surface area contributed by atoms with Crippen molar-refractivity contribution in [3.63, 3.8) is 0 Å². The number of hydrogen-bond acceptors (Lipinski definition) is 7. The zero-order valence-electron chi connectivity index (χ0n) is 15.1. The number of thiocarbonyl (C=S) groups is 1. The Morgan fingerprint density at radius 2 is 1.71 bits per heavy atom. The van der Waals surface area contributed by atoms with Gasteiger partial charge in [0.15, 0.2) is 4.32 Å². The minimum absolute atomic E-state index is 0.00835. The molecule has 0 spiro atoms. The van der Waals surface area contributed by atoms with E-state index in [4.69, 9.17) is 12.2 Å². The smallest absolute Gasteiger partial charge is 0.286 e. The summed E-state index contributed by atoms with van der Waals surface area (Å²) in [6.07, 6.45) is 3.23. The molecular formula is C19H16N4O3S2. The Hall–Kier alpha value is -3.04. The molecule has 0 saturated carbocycles. The highest BCUT2D eigenvalue weighted by atomic mass is 32.2. The normalized spacial score (nSPS) is 15.6. The number of hydrogen-bond donors (Lipinski definition) is 0. The van der Waals surface area contributed by atoms with E-state index in [9.17, 15) is 14.9 Å². The van der Waals surface area contributed by atoms with E-state index in [-0.39, 0.29) is 11.6 Å². The Labute approximate surface area is 171 Å². The first-order valence-electron chi connectivity index (χ1n) is 8.19. The van der Waals surface area contributed by atoms with Crippen LogP contribution in [0.3, 0.4) is 0 Å². The zero-order chi connectivity index (χ0) is 20.3. The molecular weight excluding hydrogens is 396 g/mol. The van der Waals surface area contributed by atoms with Gasteiger partial charge in [-0.05, 0) is 53.7 Å². The van der Waals surface area contributed by atoms with Gasteiger partial charge in [0.1, 0.15) is 0 Å². The summed E-state index contributed by atoms with van der Waals surface area (Å²) in [6.45, 7) is 0. The number of benzene rings is 2. The summed E-state index contributed by atoms with van der Waals surface area (Å²) in [6, 6.07) is 13.7. The number of rotatable bonds is 5. The van der Waals surface area contributed by atoms with Crippen molar-refractivity contribution in [3.8, 4) is 0 Å². The van der Waals surface area contributed by atoms with Crippen molar-refractivity contribution in [3.05, 3.63) is 74.7 Å². The number of non-ortho nitro benzene ring substituents is 1. The summed E-state index contributed by atoms with van der Waals surface area (Å²) in [7, 11) is 3.92. The SMILES string of the molecule is CN(C)c1ccc(/C=C2/SC(=S)N(/N=C/c3ccc([N+](=O)[O-])cc3)C2=O)cc1. The molecule has 1 amide bonds. The molecule has 142 valence electrons. The minimum atomic E-state index is -0.473. The standard InChI is InChI=1S/C19H16N4O3S2/c1-21(2)15-7-3-13(4-8-15)11-17-18(24)22(19(27)28-17)20-12-14-5-9-16(10-6-14)23(25)26/h3-12H,1-2H3/b17-11+,20-12+. The molecule has 0 aromatic heterocycles. The second kappa shape index (κ2) is 8.32. The number of thioether (sulfide) groups is 1. The highest BCUT2D eigenvalue weighted by Crippen LogP contribution is 2.33. The summed E-state index contributed by atoms with van der Waals surface area (Å²) < 4.78 is 0.333. The van der Waals surface area contributed by atoms with Crippen LogP contribution < -0.4 is 4.90 Å². The van der Waals surface area contributed by atoms with E-state index in [2.05, 4.69) is 5.10 Å². The fraction of sp³-hybridized carbons (Fsp3) is 0.105. The molecule has 9 heteroatoms. The fourth-order valence-corrected chi connectivity index (χ4v) is 3.56. The van der Waals surface area contributed by atoms with Gasteiger partial charge in [0, 0.05) is 31.9 Å². The quantitative estimate of drug-likeness (QED) is 0.244. The Bertz CT molecular complexity index is 983. The average Bonchev–Trinajstić information content (AvgIpc) is 2.94. The molecule has 1 aliphatic heterocycles. The van der Waals surface area contributed by atoms with E-state index < -0.39 is 4.92 Å². The van der Waals surface area contributed by atoms with Crippen molar-refractivity contribution >= 4 is 57.9 Å². The minimum Gasteiger partial charge on any atom is -0.378 e. The van der Waals surface area contributed by atoms with Gasteiger partial charge in [0.05, 0.1) is 16.0 Å². The van der Waals surface area contributed by atoms with E-state index >= 15 is 0 Å². The van der Waals surface area contributed by atoms with Gasteiger partial charge in [0.25, 0.3) is 11.6 Å². The van der Waals surface area contributed by atoms with Crippen LogP contribution >= 0.6 is 24.0 Å². The van der Waals surface area contributed by atoms with Gasteiger partial charge in [-0.15, -0.1) is 0 Å². The van der Waals surface area contributed by atoms with E-state index in [0.717, 1.165) is 16.3 Å². The van der Waals surface area contributed by atoms with Gasteiger partial charge in [-0.3, -0.25) is 14.9 Å². The molecule has 1 aliphatic rings. The highest BCUT2D eigenvalue weighted by molar-refractivity contribution is 8.26. The molecule has 1 heterocycles. The molecule has 0 aliphatic carbocycles. The number of carbonyl (C=O) groups is 1. The number of anilines is 1. The summed E-state index contributed by atoms with van der Waals surface area (Å²) in [5.74, 6) is -0.301. The first kappa shape index (κ1) is 19.7. The van der Waals surface area contributed by atoms with E-state index in [1.807, 2.05) is 43.3 Å². The van der Waals surface area contributed by atoms with Crippen molar-refractivity contribution in [2.24, 2.45) is 5.10 Å². The lowest BCUT2D eigenvalue weighted by molar-refractivity contribution is -0.384. The fourth-order valence-electron chi connectivity index (χ4n) is 2.39. The van der Waals surface area contributed by atoms with Crippen LogP contribution in [0.15, 0.2) is 58.5 Å². The van der Waals surface area contributed by atoms with Gasteiger partial charge in [0.2, 0.25) is 0 Å². The third-order valence-electron chi connectivity index (χ3n) is 3.91. The maximum Gasteiger partial charge on any atom is 0.286 e.